The number of imidazole rings is 1. The van der Waals surface area contributed by atoms with E-state index in [0.717, 1.165) is 11.0 Å². The Balaban J connectivity index is 1.75. The Morgan fingerprint density at radius 2 is 1.90 bits per heavy atom. The topological polar surface area (TPSA) is 81.0 Å². The molecule has 0 saturated heterocycles. The van der Waals surface area contributed by atoms with Crippen LogP contribution < -0.4 is 0 Å². The molecule has 0 atom stereocenters. The molecule has 0 amide bonds. The number of furan rings is 1. The van der Waals surface area contributed by atoms with Gasteiger partial charge in [0.15, 0.2) is 5.82 Å². The van der Waals surface area contributed by atoms with Gasteiger partial charge >= 0.3 is 5.97 Å². The minimum absolute atomic E-state index is 0.380. The molecule has 29 heavy (non-hydrogen) atoms. The van der Waals surface area contributed by atoms with Crippen molar-refractivity contribution in [3.05, 3.63) is 77.8 Å². The maximum Gasteiger partial charge on any atom is 0.338 e. The van der Waals surface area contributed by atoms with E-state index < -0.39 is 5.97 Å². The minimum Gasteiger partial charge on any atom is -0.465 e. The van der Waals surface area contributed by atoms with Crippen molar-refractivity contribution >= 4 is 28.7 Å². The molecule has 142 valence electrons. The predicted octanol–water partition coefficient (Wildman–Crippen LogP) is 4.68. The van der Waals surface area contributed by atoms with Gasteiger partial charge in [-0.15, -0.1) is 0 Å². The van der Waals surface area contributed by atoms with E-state index in [9.17, 15) is 10.1 Å². The van der Waals surface area contributed by atoms with Crippen molar-refractivity contribution in [2.75, 3.05) is 7.11 Å². The summed E-state index contributed by atoms with van der Waals surface area (Å²) in [6.07, 6.45) is 1.64. The largest absolute Gasteiger partial charge is 0.465 e. The lowest BCUT2D eigenvalue weighted by Crippen LogP contribution is -2.02. The highest BCUT2D eigenvalue weighted by Gasteiger charge is 2.16. The number of benzene rings is 2. The third-order valence-corrected chi connectivity index (χ3v) is 4.66. The van der Waals surface area contributed by atoms with E-state index in [1.54, 1.807) is 36.4 Å². The van der Waals surface area contributed by atoms with Crippen LogP contribution in [0.15, 0.2) is 65.1 Å². The normalized spacial score (nSPS) is 11.4. The molecule has 0 bridgehead atoms. The summed E-state index contributed by atoms with van der Waals surface area (Å²) in [6.45, 7) is 0. The fraction of sp³-hybridized carbons (Fsp3) is 0.0870. The molecule has 0 fully saturated rings. The molecule has 4 aromatic rings. The highest BCUT2D eigenvalue weighted by Crippen LogP contribution is 2.28. The summed E-state index contributed by atoms with van der Waals surface area (Å²) < 4.78 is 12.6. The van der Waals surface area contributed by atoms with Gasteiger partial charge in [0.1, 0.15) is 17.6 Å². The van der Waals surface area contributed by atoms with Crippen molar-refractivity contribution in [2.45, 2.75) is 0 Å². The van der Waals surface area contributed by atoms with Gasteiger partial charge in [-0.05, 0) is 30.3 Å². The molecule has 6 heteroatoms. The lowest BCUT2D eigenvalue weighted by atomic mass is 10.1. The number of rotatable bonds is 4. The number of ether oxygens (including phenoxy) is 1. The quantitative estimate of drug-likeness (QED) is 0.377. The number of carbonyl (C=O) groups excluding carboxylic acids is 1. The molecule has 2 aromatic carbocycles. The van der Waals surface area contributed by atoms with Gasteiger partial charge in [-0.3, -0.25) is 0 Å². The smallest absolute Gasteiger partial charge is 0.338 e. The SMILES string of the molecule is COC(=O)c1ccccc1-c1ccc(/C=C(\C#N)c2nc3ccccc3n2C)o1. The first kappa shape index (κ1) is 18.3. The zero-order chi connectivity index (χ0) is 20.4. The third kappa shape index (κ3) is 3.30. The van der Waals surface area contributed by atoms with Crippen molar-refractivity contribution in [2.24, 2.45) is 7.05 Å². The molecule has 4 rings (SSSR count). The summed E-state index contributed by atoms with van der Waals surface area (Å²) in [6, 6.07) is 20.5. The summed E-state index contributed by atoms with van der Waals surface area (Å²) in [7, 11) is 3.21. The summed E-state index contributed by atoms with van der Waals surface area (Å²) >= 11 is 0. The van der Waals surface area contributed by atoms with Crippen LogP contribution in [0.2, 0.25) is 0 Å². The van der Waals surface area contributed by atoms with Crippen LogP contribution in [-0.4, -0.2) is 22.6 Å². The highest BCUT2D eigenvalue weighted by atomic mass is 16.5. The van der Waals surface area contributed by atoms with Crippen molar-refractivity contribution < 1.29 is 13.9 Å². The van der Waals surface area contributed by atoms with Gasteiger partial charge in [0.25, 0.3) is 0 Å². The van der Waals surface area contributed by atoms with Gasteiger partial charge < -0.3 is 13.7 Å². The molecule has 0 aliphatic rings. The molecular weight excluding hydrogens is 366 g/mol. The monoisotopic (exact) mass is 383 g/mol. The van der Waals surface area contributed by atoms with Crippen molar-refractivity contribution in [3.8, 4) is 17.4 Å². The fourth-order valence-electron chi connectivity index (χ4n) is 3.24. The number of fused-ring (bicyclic) bond motifs is 1. The standard InChI is InChI=1S/C23H17N3O3/c1-26-20-10-6-5-9-19(20)25-22(26)15(14-24)13-16-11-12-21(29-16)17-7-3-4-8-18(17)23(27)28-2/h3-13H,1-2H3/b15-13+. The van der Waals surface area contributed by atoms with Crippen molar-refractivity contribution in [3.63, 3.8) is 0 Å². The summed E-state index contributed by atoms with van der Waals surface area (Å²) in [4.78, 5) is 16.6. The third-order valence-electron chi connectivity index (χ3n) is 4.66. The van der Waals surface area contributed by atoms with Crippen molar-refractivity contribution in [1.82, 2.24) is 9.55 Å². The van der Waals surface area contributed by atoms with Crippen LogP contribution in [0.1, 0.15) is 21.9 Å². The number of para-hydroxylation sites is 2. The maximum absolute atomic E-state index is 12.0. The number of aromatic nitrogens is 2. The molecular formula is C23H17N3O3. The van der Waals surface area contributed by atoms with Gasteiger partial charge in [0.2, 0.25) is 0 Å². The van der Waals surface area contributed by atoms with Gasteiger partial charge in [-0.2, -0.15) is 5.26 Å². The van der Waals surface area contributed by atoms with Crippen LogP contribution in [0.3, 0.4) is 0 Å². The van der Waals surface area contributed by atoms with Crippen molar-refractivity contribution in [1.29, 1.82) is 5.26 Å². The zero-order valence-corrected chi connectivity index (χ0v) is 15.9. The molecule has 0 saturated carbocycles. The number of methoxy groups -OCH3 is 1. The Morgan fingerprint density at radius 1 is 1.14 bits per heavy atom. The predicted molar refractivity (Wildman–Crippen MR) is 110 cm³/mol. The number of allylic oxidation sites excluding steroid dienone is 1. The molecule has 6 nitrogen and oxygen atoms in total. The van der Waals surface area contributed by atoms with Gasteiger partial charge in [0, 0.05) is 18.7 Å². The first-order valence-electron chi connectivity index (χ1n) is 8.93. The van der Waals surface area contributed by atoms with Gasteiger partial charge in [-0.25, -0.2) is 9.78 Å². The molecule has 0 unspecified atom stereocenters. The number of aryl methyl sites for hydroxylation is 1. The van der Waals surface area contributed by atoms with E-state index in [1.807, 2.05) is 41.9 Å². The number of hydrogen-bond acceptors (Lipinski definition) is 5. The number of carbonyl (C=O) groups is 1. The summed E-state index contributed by atoms with van der Waals surface area (Å²) in [5, 5.41) is 9.69. The lowest BCUT2D eigenvalue weighted by molar-refractivity contribution is 0.0601. The van der Waals surface area contributed by atoms with E-state index in [1.165, 1.54) is 7.11 Å². The zero-order valence-electron chi connectivity index (χ0n) is 15.9. The second kappa shape index (κ2) is 7.49. The van der Waals surface area contributed by atoms with Crippen LogP contribution in [-0.2, 0) is 11.8 Å². The Bertz CT molecular complexity index is 1290. The molecule has 0 aliphatic carbocycles. The first-order chi connectivity index (χ1) is 14.1. The number of esters is 1. The van der Waals surface area contributed by atoms with E-state index in [4.69, 9.17) is 9.15 Å². The van der Waals surface area contributed by atoms with Crippen LogP contribution in [0.25, 0.3) is 34.0 Å². The average molecular weight is 383 g/mol. The van der Waals surface area contributed by atoms with E-state index >= 15 is 0 Å². The molecule has 2 heterocycles. The van der Waals surface area contributed by atoms with Crippen LogP contribution in [0.5, 0.6) is 0 Å². The Morgan fingerprint density at radius 3 is 2.66 bits per heavy atom. The molecule has 0 N–H and O–H groups in total. The van der Waals surface area contributed by atoms with Crippen LogP contribution in [0.4, 0.5) is 0 Å². The maximum atomic E-state index is 12.0. The minimum atomic E-state index is -0.438. The highest BCUT2D eigenvalue weighted by molar-refractivity contribution is 5.96. The Labute approximate surface area is 167 Å². The average Bonchev–Trinajstić information content (AvgIpc) is 3.36. The van der Waals surface area contributed by atoms with E-state index in [-0.39, 0.29) is 0 Å². The van der Waals surface area contributed by atoms with Crippen LogP contribution in [0, 0.1) is 11.3 Å². The van der Waals surface area contributed by atoms with E-state index in [0.29, 0.717) is 34.0 Å². The second-order valence-electron chi connectivity index (χ2n) is 6.39. The number of nitriles is 1. The fourth-order valence-corrected chi connectivity index (χ4v) is 3.24. The molecule has 2 aromatic heterocycles. The summed E-state index contributed by atoms with van der Waals surface area (Å²) in [5.74, 6) is 1.12. The van der Waals surface area contributed by atoms with Gasteiger partial charge in [-0.1, -0.05) is 30.3 Å². The summed E-state index contributed by atoms with van der Waals surface area (Å²) in [5.41, 5.74) is 3.18. The number of hydrogen-bond donors (Lipinski definition) is 0. The molecule has 0 radical (unpaired) electrons. The molecule has 0 spiro atoms. The van der Waals surface area contributed by atoms with E-state index in [2.05, 4.69) is 11.1 Å². The van der Waals surface area contributed by atoms with Gasteiger partial charge in [0.05, 0.1) is 29.3 Å². The Hall–Kier alpha value is -4.11. The van der Waals surface area contributed by atoms with Crippen LogP contribution >= 0.6 is 0 Å². The first-order valence-corrected chi connectivity index (χ1v) is 8.93. The molecule has 0 aliphatic heterocycles. The lowest BCUT2D eigenvalue weighted by Gasteiger charge is -2.04. The number of nitrogens with zero attached hydrogens (tertiary/aromatic N) is 3. The Kier molecular flexibility index (Phi) is 4.71. The second-order valence-corrected chi connectivity index (χ2v) is 6.39.